The molecule has 0 aliphatic rings. The number of thioether (sulfide) groups is 1. The van der Waals surface area contributed by atoms with Gasteiger partial charge in [-0.25, -0.2) is 0 Å². The summed E-state index contributed by atoms with van der Waals surface area (Å²) in [4.78, 5) is 39.1. The number of thiazole rings is 1. The summed E-state index contributed by atoms with van der Waals surface area (Å²) in [5.74, 6) is -0.214. The molecule has 0 aliphatic carbocycles. The summed E-state index contributed by atoms with van der Waals surface area (Å²) in [6.07, 6.45) is 0. The van der Waals surface area contributed by atoms with Gasteiger partial charge in [0.05, 0.1) is 29.7 Å². The monoisotopic (exact) mass is 382 g/mol. The van der Waals surface area contributed by atoms with Crippen molar-refractivity contribution in [3.63, 3.8) is 0 Å². The van der Waals surface area contributed by atoms with Gasteiger partial charge in [0.15, 0.2) is 9.92 Å². The molecule has 0 saturated carbocycles. The van der Waals surface area contributed by atoms with Gasteiger partial charge in [-0.3, -0.25) is 14.4 Å². The fraction of sp³-hybridized carbons (Fsp3) is 0.375. The third-order valence-corrected chi connectivity index (χ3v) is 4.94. The van der Waals surface area contributed by atoms with Gasteiger partial charge in [0.2, 0.25) is 0 Å². The summed E-state index contributed by atoms with van der Waals surface area (Å²) in [5, 5.41) is -0.149. The number of benzene rings is 1. The lowest BCUT2D eigenvalue weighted by Crippen LogP contribution is -2.22. The van der Waals surface area contributed by atoms with Crippen LogP contribution in [0.2, 0.25) is 0 Å². The number of hydrogen-bond donors (Lipinski definition) is 0. The quantitative estimate of drug-likeness (QED) is 0.710. The highest BCUT2D eigenvalue weighted by Crippen LogP contribution is 2.23. The fourth-order valence-corrected chi connectivity index (χ4v) is 3.51. The maximum absolute atomic E-state index is 12.0. The number of carbonyl (C=O) groups is 3. The maximum Gasteiger partial charge on any atom is 0.325 e. The number of rotatable bonds is 6. The molecule has 0 N–H and O–H groups in total. The van der Waals surface area contributed by atoms with Crippen LogP contribution < -0.4 is 9.54 Å². The molecular weight excluding hydrogens is 364 g/mol. The minimum Gasteiger partial charge on any atom is -0.494 e. The Labute approximate surface area is 152 Å². The molecular formula is C16H18N2O5S2. The maximum atomic E-state index is 12.0. The van der Waals surface area contributed by atoms with Crippen molar-refractivity contribution < 1.29 is 23.9 Å². The van der Waals surface area contributed by atoms with Gasteiger partial charge >= 0.3 is 5.97 Å². The lowest BCUT2D eigenvalue weighted by molar-refractivity contribution is -0.141. The van der Waals surface area contributed by atoms with E-state index in [0.717, 1.165) is 22.0 Å². The molecule has 0 aliphatic heterocycles. The smallest absolute Gasteiger partial charge is 0.325 e. The summed E-state index contributed by atoms with van der Waals surface area (Å²) in [6.45, 7) is 3.76. The Hall–Kier alpha value is -2.13. The molecule has 7 nitrogen and oxygen atoms in total. The molecule has 25 heavy (non-hydrogen) atoms. The number of nitrogens with zero attached hydrogens (tertiary/aromatic N) is 2. The van der Waals surface area contributed by atoms with E-state index in [4.69, 9.17) is 9.47 Å². The van der Waals surface area contributed by atoms with Crippen molar-refractivity contribution in [1.82, 2.24) is 4.57 Å². The summed E-state index contributed by atoms with van der Waals surface area (Å²) >= 11 is 2.17. The Balaban J connectivity index is 2.48. The van der Waals surface area contributed by atoms with Crippen molar-refractivity contribution in [2.45, 2.75) is 20.4 Å². The lowest BCUT2D eigenvalue weighted by Gasteiger charge is -2.05. The van der Waals surface area contributed by atoms with Crippen LogP contribution in [-0.2, 0) is 25.7 Å². The Morgan fingerprint density at radius 1 is 1.32 bits per heavy atom. The van der Waals surface area contributed by atoms with Crippen molar-refractivity contribution in [3.05, 3.63) is 23.0 Å². The van der Waals surface area contributed by atoms with E-state index in [1.54, 1.807) is 10.6 Å². The van der Waals surface area contributed by atoms with Gasteiger partial charge in [0.1, 0.15) is 12.3 Å². The second-order valence-corrected chi connectivity index (χ2v) is 7.06. The molecule has 0 fully saturated rings. The van der Waals surface area contributed by atoms with Gasteiger partial charge in [0.25, 0.3) is 5.91 Å². The van der Waals surface area contributed by atoms with Gasteiger partial charge in [-0.2, -0.15) is 4.99 Å². The second-order valence-electron chi connectivity index (χ2n) is 4.90. The number of ether oxygens (including phenoxy) is 2. The molecule has 1 aromatic heterocycles. The number of amides is 1. The third-order valence-electron chi connectivity index (χ3n) is 3.10. The summed E-state index contributed by atoms with van der Waals surface area (Å²) in [5.41, 5.74) is 0.754. The van der Waals surface area contributed by atoms with E-state index in [1.165, 1.54) is 25.4 Å². The average molecular weight is 382 g/mol. The Morgan fingerprint density at radius 3 is 2.72 bits per heavy atom. The van der Waals surface area contributed by atoms with Crippen molar-refractivity contribution in [1.29, 1.82) is 0 Å². The van der Waals surface area contributed by atoms with E-state index < -0.39 is 11.9 Å². The lowest BCUT2D eigenvalue weighted by atomic mass is 10.3. The van der Waals surface area contributed by atoms with E-state index >= 15 is 0 Å². The molecule has 134 valence electrons. The SMILES string of the molecule is CCOc1ccc2c(c1)sc(=NC(=O)CSC(C)=O)n2CC(=O)OC. The molecule has 1 heterocycles. The van der Waals surface area contributed by atoms with E-state index in [2.05, 4.69) is 4.99 Å². The molecule has 0 spiro atoms. The van der Waals surface area contributed by atoms with Gasteiger partial charge in [0, 0.05) is 6.92 Å². The first-order valence-corrected chi connectivity index (χ1v) is 9.28. The summed E-state index contributed by atoms with van der Waals surface area (Å²) < 4.78 is 12.7. The van der Waals surface area contributed by atoms with Crippen LogP contribution in [0.3, 0.4) is 0 Å². The standard InChI is InChI=1S/C16H18N2O5S2/c1-4-23-11-5-6-12-13(7-11)25-16(18(12)8-15(21)22-3)17-14(20)9-24-10(2)19/h5-7H,4,8-9H2,1-3H3. The van der Waals surface area contributed by atoms with Gasteiger partial charge < -0.3 is 14.0 Å². The van der Waals surface area contributed by atoms with Crippen LogP contribution in [0.5, 0.6) is 5.75 Å². The highest BCUT2D eigenvalue weighted by molar-refractivity contribution is 8.14. The van der Waals surface area contributed by atoms with E-state index in [9.17, 15) is 14.4 Å². The van der Waals surface area contributed by atoms with E-state index in [-0.39, 0.29) is 17.4 Å². The highest BCUT2D eigenvalue weighted by atomic mass is 32.2. The normalized spacial score (nSPS) is 11.6. The van der Waals surface area contributed by atoms with Crippen LogP contribution in [0.25, 0.3) is 10.2 Å². The molecule has 9 heteroatoms. The average Bonchev–Trinajstić information content (AvgIpc) is 2.89. The Bertz CT molecular complexity index is 869. The van der Waals surface area contributed by atoms with Crippen LogP contribution >= 0.6 is 23.1 Å². The minimum absolute atomic E-state index is 0.0357. The number of carbonyl (C=O) groups excluding carboxylic acids is 3. The Morgan fingerprint density at radius 2 is 2.08 bits per heavy atom. The number of aromatic nitrogens is 1. The van der Waals surface area contributed by atoms with Crippen molar-refractivity contribution in [2.24, 2.45) is 4.99 Å². The molecule has 0 saturated heterocycles. The van der Waals surface area contributed by atoms with Crippen molar-refractivity contribution in [3.8, 4) is 5.75 Å². The van der Waals surface area contributed by atoms with Crippen LogP contribution in [0.4, 0.5) is 0 Å². The first kappa shape index (κ1) is 19.2. The molecule has 1 aromatic carbocycles. The van der Waals surface area contributed by atoms with E-state index in [1.807, 2.05) is 19.1 Å². The third kappa shape index (κ3) is 5.17. The first-order chi connectivity index (χ1) is 11.9. The zero-order valence-corrected chi connectivity index (χ0v) is 15.7. The van der Waals surface area contributed by atoms with Crippen molar-refractivity contribution in [2.75, 3.05) is 19.5 Å². The zero-order valence-electron chi connectivity index (χ0n) is 14.1. The number of fused-ring (bicyclic) bond motifs is 1. The van der Waals surface area contributed by atoms with Gasteiger partial charge in [-0.1, -0.05) is 23.1 Å². The molecule has 0 atom stereocenters. The fourth-order valence-electron chi connectivity index (χ4n) is 2.04. The molecule has 2 rings (SSSR count). The van der Waals surface area contributed by atoms with Gasteiger partial charge in [-0.15, -0.1) is 0 Å². The summed E-state index contributed by atoms with van der Waals surface area (Å²) in [7, 11) is 1.30. The number of methoxy groups -OCH3 is 1. The van der Waals surface area contributed by atoms with Gasteiger partial charge in [-0.05, 0) is 25.1 Å². The van der Waals surface area contributed by atoms with Crippen molar-refractivity contribution >= 4 is 50.3 Å². The zero-order chi connectivity index (χ0) is 18.4. The minimum atomic E-state index is -0.444. The predicted molar refractivity (Wildman–Crippen MR) is 96.7 cm³/mol. The largest absolute Gasteiger partial charge is 0.494 e. The second kappa shape index (κ2) is 8.82. The summed E-state index contributed by atoms with van der Waals surface area (Å²) in [6, 6.07) is 5.45. The molecule has 0 unspecified atom stereocenters. The number of hydrogen-bond acceptors (Lipinski definition) is 7. The highest BCUT2D eigenvalue weighted by Gasteiger charge is 2.13. The predicted octanol–water partition coefficient (Wildman–Crippen LogP) is 1.98. The van der Waals surface area contributed by atoms with Crippen LogP contribution in [0.1, 0.15) is 13.8 Å². The Kier molecular flexibility index (Phi) is 6.77. The van der Waals surface area contributed by atoms with Crippen LogP contribution in [-0.4, -0.2) is 41.0 Å². The van der Waals surface area contributed by atoms with Crippen LogP contribution in [0.15, 0.2) is 23.2 Å². The van der Waals surface area contributed by atoms with Crippen LogP contribution in [0, 0.1) is 0 Å². The molecule has 0 radical (unpaired) electrons. The topological polar surface area (TPSA) is 87.0 Å². The molecule has 2 aromatic rings. The molecule has 0 bridgehead atoms. The number of esters is 1. The molecule has 1 amide bonds. The first-order valence-electron chi connectivity index (χ1n) is 7.48. The van der Waals surface area contributed by atoms with E-state index in [0.29, 0.717) is 17.2 Å².